The minimum absolute atomic E-state index is 0.0410. The molecule has 28 heavy (non-hydrogen) atoms. The van der Waals surface area contributed by atoms with Crippen LogP contribution in [0.4, 0.5) is 8.78 Å². The van der Waals surface area contributed by atoms with Crippen molar-refractivity contribution in [1.82, 2.24) is 5.01 Å². The SMILES string of the molecule is CN1N=CCC1c1ccc(Sc2cccc(C3(N)CCOCC3)c2F)c(F)c1. The molecule has 4 rings (SSSR count). The minimum Gasteiger partial charge on any atom is -0.381 e. The minimum atomic E-state index is -0.742. The molecule has 2 aromatic rings. The molecule has 0 aromatic heterocycles. The highest BCUT2D eigenvalue weighted by Crippen LogP contribution is 2.39. The van der Waals surface area contributed by atoms with Gasteiger partial charge in [-0.3, -0.25) is 5.01 Å². The average Bonchev–Trinajstić information content (AvgIpc) is 3.11. The third-order valence-electron chi connectivity index (χ3n) is 5.49. The molecule has 7 heteroatoms. The fraction of sp³-hybridized carbons (Fsp3) is 0.381. The number of nitrogens with two attached hydrogens (primary N) is 1. The highest BCUT2D eigenvalue weighted by Gasteiger charge is 2.33. The highest BCUT2D eigenvalue weighted by molar-refractivity contribution is 7.99. The summed E-state index contributed by atoms with van der Waals surface area (Å²) in [6, 6.07) is 10.3. The normalized spacial score (nSPS) is 21.3. The Labute approximate surface area is 167 Å². The number of benzene rings is 2. The molecule has 1 saturated heterocycles. The van der Waals surface area contributed by atoms with Crippen molar-refractivity contribution in [3.05, 3.63) is 59.2 Å². The summed E-state index contributed by atoms with van der Waals surface area (Å²) in [6.45, 7) is 1.03. The van der Waals surface area contributed by atoms with Crippen LogP contribution in [-0.4, -0.2) is 31.5 Å². The van der Waals surface area contributed by atoms with E-state index in [1.54, 1.807) is 24.3 Å². The van der Waals surface area contributed by atoms with E-state index in [2.05, 4.69) is 5.10 Å². The first-order chi connectivity index (χ1) is 13.5. The van der Waals surface area contributed by atoms with E-state index in [1.165, 1.54) is 6.07 Å². The summed E-state index contributed by atoms with van der Waals surface area (Å²) >= 11 is 1.09. The Morgan fingerprint density at radius 1 is 1.18 bits per heavy atom. The van der Waals surface area contributed by atoms with Gasteiger partial charge >= 0.3 is 0 Å². The van der Waals surface area contributed by atoms with Crippen LogP contribution < -0.4 is 5.73 Å². The van der Waals surface area contributed by atoms with Gasteiger partial charge in [-0.05, 0) is 36.6 Å². The maximum Gasteiger partial charge on any atom is 0.142 e. The third kappa shape index (κ3) is 3.66. The summed E-state index contributed by atoms with van der Waals surface area (Å²) in [5.41, 5.74) is 7.05. The lowest BCUT2D eigenvalue weighted by molar-refractivity contribution is 0.0509. The standard InChI is InChI=1S/C21H23F2N3OS/c1-26-17(7-10-25-26)14-5-6-18(16(22)13-14)28-19-4-2-3-15(20(19)23)21(24)8-11-27-12-9-21/h2-6,10,13,17H,7-9,11-12,24H2,1H3. The summed E-state index contributed by atoms with van der Waals surface area (Å²) in [7, 11) is 1.87. The Morgan fingerprint density at radius 3 is 2.64 bits per heavy atom. The van der Waals surface area contributed by atoms with Crippen molar-refractivity contribution in [2.75, 3.05) is 20.3 Å². The van der Waals surface area contributed by atoms with E-state index in [9.17, 15) is 4.39 Å². The molecule has 148 valence electrons. The molecule has 0 radical (unpaired) electrons. The number of nitrogens with zero attached hydrogens (tertiary/aromatic N) is 2. The third-order valence-corrected chi connectivity index (χ3v) is 6.58. The van der Waals surface area contributed by atoms with E-state index in [0.717, 1.165) is 23.7 Å². The second-order valence-electron chi connectivity index (χ2n) is 7.30. The Bertz CT molecular complexity index is 899. The topological polar surface area (TPSA) is 50.8 Å². The Hall–Kier alpha value is -1.96. The van der Waals surface area contributed by atoms with E-state index >= 15 is 4.39 Å². The molecule has 2 aliphatic heterocycles. The number of hydrogen-bond donors (Lipinski definition) is 1. The summed E-state index contributed by atoms with van der Waals surface area (Å²) in [5, 5.41) is 6.02. The quantitative estimate of drug-likeness (QED) is 0.820. The van der Waals surface area contributed by atoms with Gasteiger partial charge in [0.05, 0.1) is 6.04 Å². The van der Waals surface area contributed by atoms with E-state index in [0.29, 0.717) is 41.4 Å². The molecule has 1 atom stereocenters. The Balaban J connectivity index is 1.58. The zero-order valence-corrected chi connectivity index (χ0v) is 16.5. The molecule has 2 aliphatic rings. The van der Waals surface area contributed by atoms with Crippen molar-refractivity contribution in [3.63, 3.8) is 0 Å². The smallest absolute Gasteiger partial charge is 0.142 e. The predicted octanol–water partition coefficient (Wildman–Crippen LogP) is 4.44. The maximum atomic E-state index is 15.2. The van der Waals surface area contributed by atoms with Gasteiger partial charge in [-0.1, -0.05) is 30.0 Å². The molecule has 2 N–H and O–H groups in total. The van der Waals surface area contributed by atoms with Crippen LogP contribution in [0.25, 0.3) is 0 Å². The number of halogens is 2. The summed E-state index contributed by atoms with van der Waals surface area (Å²) in [5.74, 6) is -0.731. The van der Waals surface area contributed by atoms with E-state index < -0.39 is 5.54 Å². The van der Waals surface area contributed by atoms with Crippen molar-refractivity contribution in [1.29, 1.82) is 0 Å². The van der Waals surface area contributed by atoms with Gasteiger partial charge in [0.2, 0.25) is 0 Å². The van der Waals surface area contributed by atoms with Crippen molar-refractivity contribution in [2.45, 2.75) is 40.6 Å². The molecule has 0 aliphatic carbocycles. The largest absolute Gasteiger partial charge is 0.381 e. The lowest BCUT2D eigenvalue weighted by Crippen LogP contribution is -2.42. The highest BCUT2D eigenvalue weighted by atomic mass is 32.2. The van der Waals surface area contributed by atoms with Gasteiger partial charge in [-0.2, -0.15) is 5.10 Å². The zero-order chi connectivity index (χ0) is 19.7. The van der Waals surface area contributed by atoms with E-state index in [-0.39, 0.29) is 17.7 Å². The average molecular weight is 403 g/mol. The van der Waals surface area contributed by atoms with Crippen LogP contribution >= 0.6 is 11.8 Å². The van der Waals surface area contributed by atoms with Crippen LogP contribution in [0.15, 0.2) is 51.3 Å². The first kappa shape index (κ1) is 19.4. The molecule has 1 fully saturated rings. The van der Waals surface area contributed by atoms with Crippen LogP contribution in [0.1, 0.15) is 36.4 Å². The van der Waals surface area contributed by atoms with E-state index in [1.807, 2.05) is 24.3 Å². The lowest BCUT2D eigenvalue weighted by Gasteiger charge is -2.34. The number of hydrogen-bond acceptors (Lipinski definition) is 5. The zero-order valence-electron chi connectivity index (χ0n) is 15.7. The van der Waals surface area contributed by atoms with Crippen molar-refractivity contribution in [3.8, 4) is 0 Å². The maximum absolute atomic E-state index is 15.2. The Kier molecular flexibility index (Phi) is 5.40. The van der Waals surface area contributed by atoms with Crippen molar-refractivity contribution in [2.24, 2.45) is 10.8 Å². The van der Waals surface area contributed by atoms with E-state index in [4.69, 9.17) is 10.5 Å². The van der Waals surface area contributed by atoms with Gasteiger partial charge in [0.15, 0.2) is 0 Å². The van der Waals surface area contributed by atoms with Gasteiger partial charge in [0, 0.05) is 53.8 Å². The molecule has 0 saturated carbocycles. The molecule has 4 nitrogen and oxygen atoms in total. The summed E-state index contributed by atoms with van der Waals surface area (Å²) in [6.07, 6.45) is 3.71. The number of ether oxygens (including phenoxy) is 1. The molecule has 1 unspecified atom stereocenters. The first-order valence-electron chi connectivity index (χ1n) is 9.36. The van der Waals surface area contributed by atoms with Crippen molar-refractivity contribution >= 4 is 18.0 Å². The van der Waals surface area contributed by atoms with Crippen molar-refractivity contribution < 1.29 is 13.5 Å². The molecular formula is C21H23F2N3OS. The van der Waals surface area contributed by atoms with Gasteiger partial charge in [0.25, 0.3) is 0 Å². The molecular weight excluding hydrogens is 380 g/mol. The second-order valence-corrected chi connectivity index (χ2v) is 8.39. The molecule has 0 spiro atoms. The summed E-state index contributed by atoms with van der Waals surface area (Å²) in [4.78, 5) is 0.765. The van der Waals surface area contributed by atoms with Gasteiger partial charge in [-0.15, -0.1) is 0 Å². The van der Waals surface area contributed by atoms with Crippen LogP contribution in [0.5, 0.6) is 0 Å². The molecule has 0 bridgehead atoms. The van der Waals surface area contributed by atoms with Gasteiger partial charge in [0.1, 0.15) is 11.6 Å². The first-order valence-corrected chi connectivity index (χ1v) is 10.2. The molecule has 0 amide bonds. The van der Waals surface area contributed by atoms with Crippen LogP contribution in [0, 0.1) is 11.6 Å². The number of rotatable bonds is 4. The second kappa shape index (κ2) is 7.81. The Morgan fingerprint density at radius 2 is 1.96 bits per heavy atom. The monoisotopic (exact) mass is 403 g/mol. The summed E-state index contributed by atoms with van der Waals surface area (Å²) < 4.78 is 35.3. The number of hydrazone groups is 1. The van der Waals surface area contributed by atoms with Crippen LogP contribution in [-0.2, 0) is 10.3 Å². The molecule has 2 aromatic carbocycles. The fourth-order valence-corrected chi connectivity index (χ4v) is 4.64. The van der Waals surface area contributed by atoms with Crippen LogP contribution in [0.2, 0.25) is 0 Å². The van der Waals surface area contributed by atoms with Gasteiger partial charge < -0.3 is 10.5 Å². The fourth-order valence-electron chi connectivity index (χ4n) is 3.77. The lowest BCUT2D eigenvalue weighted by atomic mass is 9.83. The predicted molar refractivity (Wildman–Crippen MR) is 106 cm³/mol. The van der Waals surface area contributed by atoms with Crippen LogP contribution in [0.3, 0.4) is 0 Å². The molecule has 2 heterocycles. The van der Waals surface area contributed by atoms with Gasteiger partial charge in [-0.25, -0.2) is 8.78 Å².